The van der Waals surface area contributed by atoms with Crippen molar-refractivity contribution in [2.45, 2.75) is 6.92 Å². The van der Waals surface area contributed by atoms with Gasteiger partial charge in [0.25, 0.3) is 5.91 Å². The van der Waals surface area contributed by atoms with E-state index in [1.807, 2.05) is 0 Å². The third-order valence-corrected chi connectivity index (χ3v) is 4.31. The molecular weight excluding hydrogens is 384 g/mol. The van der Waals surface area contributed by atoms with Crippen molar-refractivity contribution in [2.24, 2.45) is 5.73 Å². The number of amides is 1. The van der Waals surface area contributed by atoms with Gasteiger partial charge in [-0.05, 0) is 31.2 Å². The number of pyridine rings is 1. The zero-order chi connectivity index (χ0) is 21.5. The predicted octanol–water partition coefficient (Wildman–Crippen LogP) is 1.54. The summed E-state index contributed by atoms with van der Waals surface area (Å²) in [6.07, 6.45) is 1.71. The molecule has 0 aliphatic heterocycles. The molecule has 154 valence electrons. The fraction of sp³-hybridized carbons (Fsp3) is 0.238. The molecule has 0 spiro atoms. The Morgan fingerprint density at radius 2 is 2.03 bits per heavy atom. The van der Waals surface area contributed by atoms with Crippen LogP contribution in [0, 0.1) is 11.3 Å². The molecule has 0 aliphatic carbocycles. The lowest BCUT2D eigenvalue weighted by molar-refractivity contribution is -0.140. The number of benzene rings is 1. The second kappa shape index (κ2) is 9.54. The minimum Gasteiger partial charge on any atom is -0.465 e. The maximum Gasteiger partial charge on any atom is 0.325 e. The molecule has 2 heterocycles. The Bertz CT molecular complexity index is 1100. The smallest absolute Gasteiger partial charge is 0.325 e. The normalized spacial score (nSPS) is 10.4. The summed E-state index contributed by atoms with van der Waals surface area (Å²) in [6, 6.07) is 12.4. The highest BCUT2D eigenvalue weighted by atomic mass is 16.5. The van der Waals surface area contributed by atoms with Gasteiger partial charge in [0.1, 0.15) is 23.7 Å². The maximum absolute atomic E-state index is 12.3. The lowest BCUT2D eigenvalue weighted by atomic mass is 10.1. The van der Waals surface area contributed by atoms with Crippen molar-refractivity contribution in [3.05, 3.63) is 53.7 Å². The number of rotatable bonds is 8. The van der Waals surface area contributed by atoms with Crippen molar-refractivity contribution in [1.29, 1.82) is 5.26 Å². The van der Waals surface area contributed by atoms with E-state index in [1.165, 1.54) is 0 Å². The van der Waals surface area contributed by atoms with E-state index in [-0.39, 0.29) is 19.1 Å². The summed E-state index contributed by atoms with van der Waals surface area (Å²) in [5, 5.41) is 14.8. The number of hydrogen-bond acceptors (Lipinski definition) is 7. The van der Waals surface area contributed by atoms with Crippen LogP contribution in [0.1, 0.15) is 22.8 Å². The van der Waals surface area contributed by atoms with Crippen LogP contribution in [0.15, 0.2) is 42.6 Å². The molecule has 1 amide bonds. The third kappa shape index (κ3) is 4.56. The summed E-state index contributed by atoms with van der Waals surface area (Å²) in [6.45, 7) is 2.72. The number of hydrogen-bond donors (Lipinski definition) is 3. The zero-order valence-corrected chi connectivity index (χ0v) is 16.5. The highest BCUT2D eigenvalue weighted by Crippen LogP contribution is 2.29. The Kier molecular flexibility index (Phi) is 6.62. The van der Waals surface area contributed by atoms with Gasteiger partial charge in [-0.25, -0.2) is 4.98 Å². The van der Waals surface area contributed by atoms with Crippen LogP contribution in [-0.4, -0.2) is 47.5 Å². The number of nitrogens with one attached hydrogen (secondary N) is 2. The van der Waals surface area contributed by atoms with Gasteiger partial charge in [-0.3, -0.25) is 14.0 Å². The molecule has 0 atom stereocenters. The molecule has 0 saturated heterocycles. The minimum absolute atomic E-state index is 0.0380. The van der Waals surface area contributed by atoms with E-state index in [2.05, 4.69) is 21.7 Å². The zero-order valence-electron chi connectivity index (χ0n) is 16.5. The molecule has 0 radical (unpaired) electrons. The van der Waals surface area contributed by atoms with E-state index in [9.17, 15) is 9.59 Å². The summed E-state index contributed by atoms with van der Waals surface area (Å²) in [5.74, 6) is -0.0559. The van der Waals surface area contributed by atoms with Crippen molar-refractivity contribution >= 4 is 23.3 Å². The standard InChI is InChI=1S/C21H22N6O3/c1-2-30-18(28)13-25-20-19(15-5-3-14(12-23)4-6-15)26-17-11-16(7-10-27(17)20)21(29)24-9-8-22/h3-7,10-11,25H,2,8-9,13,22H2,1H3,(H,24,29). The van der Waals surface area contributed by atoms with Crippen LogP contribution in [0.25, 0.3) is 16.9 Å². The Morgan fingerprint density at radius 3 is 2.70 bits per heavy atom. The minimum atomic E-state index is -0.393. The van der Waals surface area contributed by atoms with Crippen LogP contribution in [0.5, 0.6) is 0 Å². The molecule has 0 bridgehead atoms. The van der Waals surface area contributed by atoms with Crippen LogP contribution >= 0.6 is 0 Å². The van der Waals surface area contributed by atoms with Gasteiger partial charge in [-0.15, -0.1) is 0 Å². The molecule has 4 N–H and O–H groups in total. The highest BCUT2D eigenvalue weighted by Gasteiger charge is 2.17. The van der Waals surface area contributed by atoms with Crippen LogP contribution in [0.3, 0.4) is 0 Å². The number of carbonyl (C=O) groups is 2. The molecule has 3 rings (SSSR count). The van der Waals surface area contributed by atoms with Crippen LogP contribution < -0.4 is 16.4 Å². The number of nitrogens with zero attached hydrogens (tertiary/aromatic N) is 3. The van der Waals surface area contributed by atoms with Gasteiger partial charge in [-0.2, -0.15) is 5.26 Å². The van der Waals surface area contributed by atoms with E-state index < -0.39 is 5.97 Å². The number of anilines is 1. The van der Waals surface area contributed by atoms with Gasteiger partial charge in [0.2, 0.25) is 0 Å². The van der Waals surface area contributed by atoms with E-state index in [0.717, 1.165) is 5.56 Å². The lowest BCUT2D eigenvalue weighted by Crippen LogP contribution is -2.29. The number of nitriles is 1. The Balaban J connectivity index is 2.02. The van der Waals surface area contributed by atoms with Crippen LogP contribution in [-0.2, 0) is 9.53 Å². The van der Waals surface area contributed by atoms with Gasteiger partial charge in [0, 0.05) is 30.4 Å². The molecule has 9 nitrogen and oxygen atoms in total. The van der Waals surface area contributed by atoms with E-state index in [1.54, 1.807) is 53.9 Å². The van der Waals surface area contributed by atoms with Gasteiger partial charge >= 0.3 is 5.97 Å². The number of aromatic nitrogens is 2. The van der Waals surface area contributed by atoms with Crippen molar-refractivity contribution in [1.82, 2.24) is 14.7 Å². The number of fused-ring (bicyclic) bond motifs is 1. The molecule has 9 heteroatoms. The number of imidazole rings is 1. The molecule has 0 fully saturated rings. The topological polar surface area (TPSA) is 135 Å². The number of esters is 1. The predicted molar refractivity (Wildman–Crippen MR) is 112 cm³/mol. The molecule has 2 aromatic heterocycles. The molecule has 0 aliphatic rings. The average molecular weight is 406 g/mol. The van der Waals surface area contributed by atoms with E-state index in [0.29, 0.717) is 41.4 Å². The first kappa shape index (κ1) is 20.8. The fourth-order valence-corrected chi connectivity index (χ4v) is 2.91. The van der Waals surface area contributed by atoms with Gasteiger partial charge in [-0.1, -0.05) is 12.1 Å². The third-order valence-electron chi connectivity index (χ3n) is 4.31. The summed E-state index contributed by atoms with van der Waals surface area (Å²) in [5.41, 5.74) is 8.29. The second-order valence-corrected chi connectivity index (χ2v) is 6.34. The van der Waals surface area contributed by atoms with Crippen molar-refractivity contribution in [3.8, 4) is 17.3 Å². The Hall–Kier alpha value is -3.90. The number of carbonyl (C=O) groups excluding carboxylic acids is 2. The molecule has 3 aromatic rings. The quantitative estimate of drug-likeness (QED) is 0.483. The van der Waals surface area contributed by atoms with Crippen LogP contribution in [0.2, 0.25) is 0 Å². The van der Waals surface area contributed by atoms with E-state index >= 15 is 0 Å². The van der Waals surface area contributed by atoms with Gasteiger partial charge in [0.15, 0.2) is 0 Å². The largest absolute Gasteiger partial charge is 0.465 e. The SMILES string of the molecule is CCOC(=O)CNc1c(-c2ccc(C#N)cc2)nc2cc(C(=O)NCCN)ccn12. The van der Waals surface area contributed by atoms with Gasteiger partial charge in [0.05, 0.1) is 18.2 Å². The summed E-state index contributed by atoms with van der Waals surface area (Å²) in [7, 11) is 0. The number of ether oxygens (including phenoxy) is 1. The average Bonchev–Trinajstić information content (AvgIpc) is 3.14. The molecule has 0 saturated carbocycles. The van der Waals surface area contributed by atoms with Crippen molar-refractivity contribution < 1.29 is 14.3 Å². The monoisotopic (exact) mass is 406 g/mol. The molecule has 1 aromatic carbocycles. The van der Waals surface area contributed by atoms with Crippen molar-refractivity contribution in [3.63, 3.8) is 0 Å². The number of nitrogens with two attached hydrogens (primary N) is 1. The van der Waals surface area contributed by atoms with E-state index in [4.69, 9.17) is 15.7 Å². The second-order valence-electron chi connectivity index (χ2n) is 6.34. The fourth-order valence-electron chi connectivity index (χ4n) is 2.91. The van der Waals surface area contributed by atoms with Crippen LogP contribution in [0.4, 0.5) is 5.82 Å². The Labute approximate surface area is 173 Å². The summed E-state index contributed by atoms with van der Waals surface area (Å²) >= 11 is 0. The molecular formula is C21H22N6O3. The summed E-state index contributed by atoms with van der Waals surface area (Å²) < 4.78 is 6.74. The first-order valence-corrected chi connectivity index (χ1v) is 9.47. The first-order chi connectivity index (χ1) is 14.6. The maximum atomic E-state index is 12.3. The van der Waals surface area contributed by atoms with Crippen molar-refractivity contribution in [2.75, 3.05) is 31.6 Å². The van der Waals surface area contributed by atoms with Gasteiger partial charge < -0.3 is 21.1 Å². The molecule has 0 unspecified atom stereocenters. The summed E-state index contributed by atoms with van der Waals surface area (Å²) in [4.78, 5) is 28.7. The lowest BCUT2D eigenvalue weighted by Gasteiger charge is -2.09. The highest BCUT2D eigenvalue weighted by molar-refractivity contribution is 5.95. The first-order valence-electron chi connectivity index (χ1n) is 9.47. The molecule has 30 heavy (non-hydrogen) atoms. The Morgan fingerprint density at radius 1 is 1.27 bits per heavy atom.